The molecule has 2 unspecified atom stereocenters. The van der Waals surface area contributed by atoms with Crippen LogP contribution in [0.25, 0.3) is 0 Å². The van der Waals surface area contributed by atoms with Crippen molar-refractivity contribution in [2.45, 2.75) is 70.6 Å². The molecule has 2 fully saturated rings. The zero-order chi connectivity index (χ0) is 13.6. The van der Waals surface area contributed by atoms with E-state index < -0.39 is 0 Å². The van der Waals surface area contributed by atoms with Gasteiger partial charge in [-0.15, -0.1) is 0 Å². The molecule has 0 nitrogen and oxygen atoms in total. The number of benzene rings is 1. The van der Waals surface area contributed by atoms with E-state index in [0.29, 0.717) is 0 Å². The zero-order valence-electron chi connectivity index (χ0n) is 12.9. The Labute approximate surface area is 125 Å². The van der Waals surface area contributed by atoms with Crippen LogP contribution in [0.3, 0.4) is 0 Å². The van der Waals surface area contributed by atoms with Crippen molar-refractivity contribution in [3.05, 3.63) is 35.9 Å². The standard InChI is InChI=1S/C20H30/c1-3-9-17(10-4-1)15-16-19-13-7-8-14-20(19)18-11-5-2-6-12-18/h1,3-4,9-10,18-20H,2,5-8,11-16H2. The maximum absolute atomic E-state index is 2.30. The highest BCUT2D eigenvalue weighted by atomic mass is 14.4. The molecule has 2 atom stereocenters. The fraction of sp³-hybridized carbons (Fsp3) is 0.700. The maximum Gasteiger partial charge on any atom is -0.0276 e. The lowest BCUT2D eigenvalue weighted by Gasteiger charge is -2.39. The van der Waals surface area contributed by atoms with Crippen LogP contribution < -0.4 is 0 Å². The molecule has 2 aliphatic carbocycles. The number of hydrogen-bond donors (Lipinski definition) is 0. The van der Waals surface area contributed by atoms with Crippen molar-refractivity contribution in [2.75, 3.05) is 0 Å². The highest BCUT2D eigenvalue weighted by Crippen LogP contribution is 2.43. The summed E-state index contributed by atoms with van der Waals surface area (Å²) in [5, 5.41) is 0. The van der Waals surface area contributed by atoms with Gasteiger partial charge in [-0.1, -0.05) is 81.7 Å². The summed E-state index contributed by atoms with van der Waals surface area (Å²) in [6.07, 6.45) is 16.3. The summed E-state index contributed by atoms with van der Waals surface area (Å²) in [6, 6.07) is 11.1. The van der Waals surface area contributed by atoms with Gasteiger partial charge >= 0.3 is 0 Å². The van der Waals surface area contributed by atoms with Crippen LogP contribution in [0.15, 0.2) is 30.3 Å². The summed E-state index contributed by atoms with van der Waals surface area (Å²) in [4.78, 5) is 0. The van der Waals surface area contributed by atoms with E-state index in [1.165, 1.54) is 70.6 Å². The lowest BCUT2D eigenvalue weighted by Crippen LogP contribution is -2.28. The molecule has 0 N–H and O–H groups in total. The van der Waals surface area contributed by atoms with Gasteiger partial charge in [-0.05, 0) is 42.6 Å². The average Bonchev–Trinajstić information content (AvgIpc) is 2.55. The fourth-order valence-corrected chi connectivity index (χ4v) is 4.77. The Morgan fingerprint density at radius 2 is 1.45 bits per heavy atom. The van der Waals surface area contributed by atoms with Gasteiger partial charge in [-0.3, -0.25) is 0 Å². The molecule has 0 aromatic heterocycles. The van der Waals surface area contributed by atoms with E-state index in [1.807, 2.05) is 0 Å². The van der Waals surface area contributed by atoms with Crippen molar-refractivity contribution < 1.29 is 0 Å². The van der Waals surface area contributed by atoms with Gasteiger partial charge in [0.1, 0.15) is 0 Å². The first-order valence-corrected chi connectivity index (χ1v) is 8.97. The third kappa shape index (κ3) is 3.65. The van der Waals surface area contributed by atoms with E-state index in [2.05, 4.69) is 30.3 Å². The van der Waals surface area contributed by atoms with Crippen LogP contribution in [-0.2, 0) is 6.42 Å². The Morgan fingerprint density at radius 3 is 2.25 bits per heavy atom. The van der Waals surface area contributed by atoms with E-state index in [1.54, 1.807) is 5.56 Å². The number of aryl methyl sites for hydroxylation is 1. The van der Waals surface area contributed by atoms with Crippen molar-refractivity contribution in [3.8, 4) is 0 Å². The smallest absolute Gasteiger partial charge is 0.0276 e. The fourth-order valence-electron chi connectivity index (χ4n) is 4.77. The summed E-state index contributed by atoms with van der Waals surface area (Å²) in [6.45, 7) is 0. The van der Waals surface area contributed by atoms with Crippen LogP contribution in [-0.4, -0.2) is 0 Å². The molecule has 0 heteroatoms. The van der Waals surface area contributed by atoms with E-state index in [0.717, 1.165) is 17.8 Å². The van der Waals surface area contributed by atoms with Gasteiger partial charge in [0.15, 0.2) is 0 Å². The van der Waals surface area contributed by atoms with Gasteiger partial charge < -0.3 is 0 Å². The summed E-state index contributed by atoms with van der Waals surface area (Å²) in [5.41, 5.74) is 1.54. The van der Waals surface area contributed by atoms with Gasteiger partial charge in [0.2, 0.25) is 0 Å². The van der Waals surface area contributed by atoms with Crippen LogP contribution in [0.2, 0.25) is 0 Å². The van der Waals surface area contributed by atoms with Crippen LogP contribution in [0.4, 0.5) is 0 Å². The summed E-state index contributed by atoms with van der Waals surface area (Å²) in [7, 11) is 0. The quantitative estimate of drug-likeness (QED) is 0.629. The first kappa shape index (κ1) is 14.2. The molecule has 0 heterocycles. The lowest BCUT2D eigenvalue weighted by atomic mass is 9.66. The lowest BCUT2D eigenvalue weighted by molar-refractivity contribution is 0.122. The van der Waals surface area contributed by atoms with Gasteiger partial charge in [-0.2, -0.15) is 0 Å². The molecule has 1 aromatic rings. The largest absolute Gasteiger partial charge is 0.0622 e. The van der Waals surface area contributed by atoms with E-state index in [-0.39, 0.29) is 0 Å². The molecule has 0 amide bonds. The maximum atomic E-state index is 2.30. The highest BCUT2D eigenvalue weighted by molar-refractivity contribution is 5.14. The minimum absolute atomic E-state index is 1.02. The first-order valence-electron chi connectivity index (χ1n) is 8.97. The second-order valence-corrected chi connectivity index (χ2v) is 7.13. The second-order valence-electron chi connectivity index (χ2n) is 7.13. The Morgan fingerprint density at radius 1 is 0.750 bits per heavy atom. The Bertz CT molecular complexity index is 374. The van der Waals surface area contributed by atoms with E-state index >= 15 is 0 Å². The molecule has 110 valence electrons. The van der Waals surface area contributed by atoms with Gasteiger partial charge in [-0.25, -0.2) is 0 Å². The van der Waals surface area contributed by atoms with Crippen molar-refractivity contribution in [3.63, 3.8) is 0 Å². The van der Waals surface area contributed by atoms with Gasteiger partial charge in [0.25, 0.3) is 0 Å². The van der Waals surface area contributed by atoms with Crippen LogP contribution in [0.1, 0.15) is 69.8 Å². The molecule has 0 saturated heterocycles. The minimum Gasteiger partial charge on any atom is -0.0622 e. The Balaban J connectivity index is 1.57. The Kier molecular flexibility index (Phi) is 5.17. The molecule has 2 aliphatic rings. The van der Waals surface area contributed by atoms with Crippen LogP contribution in [0, 0.1) is 17.8 Å². The van der Waals surface area contributed by atoms with E-state index in [4.69, 9.17) is 0 Å². The Hall–Kier alpha value is -0.780. The van der Waals surface area contributed by atoms with Crippen molar-refractivity contribution >= 4 is 0 Å². The topological polar surface area (TPSA) is 0 Å². The monoisotopic (exact) mass is 270 g/mol. The molecule has 0 aliphatic heterocycles. The first-order chi connectivity index (χ1) is 9.93. The summed E-state index contributed by atoms with van der Waals surface area (Å²) in [5.74, 6) is 3.16. The molecule has 0 spiro atoms. The number of hydrogen-bond acceptors (Lipinski definition) is 0. The van der Waals surface area contributed by atoms with Crippen molar-refractivity contribution in [2.24, 2.45) is 17.8 Å². The van der Waals surface area contributed by atoms with Gasteiger partial charge in [0.05, 0.1) is 0 Å². The third-order valence-corrected chi connectivity index (χ3v) is 5.87. The second kappa shape index (κ2) is 7.29. The van der Waals surface area contributed by atoms with E-state index in [9.17, 15) is 0 Å². The molecule has 3 rings (SSSR count). The normalized spacial score (nSPS) is 28.4. The molecule has 2 saturated carbocycles. The summed E-state index contributed by atoms with van der Waals surface area (Å²) < 4.78 is 0. The van der Waals surface area contributed by atoms with Gasteiger partial charge in [0, 0.05) is 0 Å². The summed E-state index contributed by atoms with van der Waals surface area (Å²) >= 11 is 0. The van der Waals surface area contributed by atoms with Crippen molar-refractivity contribution in [1.29, 1.82) is 0 Å². The molecular formula is C20H30. The zero-order valence-corrected chi connectivity index (χ0v) is 12.9. The minimum atomic E-state index is 1.02. The molecule has 0 bridgehead atoms. The van der Waals surface area contributed by atoms with Crippen LogP contribution >= 0.6 is 0 Å². The molecule has 0 radical (unpaired) electrons. The predicted octanol–water partition coefficient (Wildman–Crippen LogP) is 6.01. The molecular weight excluding hydrogens is 240 g/mol. The third-order valence-electron chi connectivity index (χ3n) is 5.87. The number of rotatable bonds is 4. The molecule has 1 aromatic carbocycles. The van der Waals surface area contributed by atoms with Crippen LogP contribution in [0.5, 0.6) is 0 Å². The molecule has 20 heavy (non-hydrogen) atoms. The average molecular weight is 270 g/mol. The highest BCUT2D eigenvalue weighted by Gasteiger charge is 2.31. The van der Waals surface area contributed by atoms with Crippen molar-refractivity contribution in [1.82, 2.24) is 0 Å². The SMILES string of the molecule is c1ccc(CCC2CCCCC2C2CCCCC2)cc1. The predicted molar refractivity (Wildman–Crippen MR) is 86.8 cm³/mol.